The molecule has 0 aliphatic heterocycles. The molecule has 0 unspecified atom stereocenters. The van der Waals surface area contributed by atoms with Crippen molar-refractivity contribution in [3.05, 3.63) is 27.1 Å². The summed E-state index contributed by atoms with van der Waals surface area (Å²) in [6.45, 7) is -0.252. The second kappa shape index (κ2) is 6.13. The summed E-state index contributed by atoms with van der Waals surface area (Å²) in [7, 11) is -3.81. The average Bonchev–Trinajstić information content (AvgIpc) is 3.10. The van der Waals surface area contributed by atoms with Crippen molar-refractivity contribution in [2.45, 2.75) is 17.7 Å². The Bertz CT molecular complexity index is 628. The van der Waals surface area contributed by atoms with Crippen LogP contribution in [0.2, 0.25) is 0 Å². The number of halogens is 2. The van der Waals surface area contributed by atoms with Gasteiger partial charge in [0.15, 0.2) is 0 Å². The van der Waals surface area contributed by atoms with Gasteiger partial charge in [0, 0.05) is 15.5 Å². The molecule has 2 rings (SSSR count). The molecule has 0 atom stereocenters. The first-order valence-corrected chi connectivity index (χ1v) is 9.00. The summed E-state index contributed by atoms with van der Waals surface area (Å²) in [5.41, 5.74) is 0. The zero-order chi connectivity index (χ0) is 14.9. The van der Waals surface area contributed by atoms with Crippen molar-refractivity contribution in [1.82, 2.24) is 4.31 Å². The van der Waals surface area contributed by atoms with Gasteiger partial charge in [-0.2, -0.15) is 4.31 Å². The molecule has 110 valence electrons. The lowest BCUT2D eigenvalue weighted by molar-refractivity contribution is -0.137. The molecule has 5 nitrogen and oxygen atoms in total. The minimum atomic E-state index is -3.81. The fourth-order valence-electron chi connectivity index (χ4n) is 1.81. The number of carboxylic acids is 1. The maximum Gasteiger partial charge on any atom is 0.318 e. The van der Waals surface area contributed by atoms with E-state index in [1.807, 2.05) is 0 Å². The van der Waals surface area contributed by atoms with Gasteiger partial charge in [-0.1, -0.05) is 15.9 Å². The quantitative estimate of drug-likeness (QED) is 0.758. The molecule has 1 aromatic carbocycles. The van der Waals surface area contributed by atoms with Crippen LogP contribution in [0.3, 0.4) is 0 Å². The summed E-state index contributed by atoms with van der Waals surface area (Å²) >= 11 is 6.47. The van der Waals surface area contributed by atoms with Gasteiger partial charge >= 0.3 is 5.97 Å². The van der Waals surface area contributed by atoms with Crippen LogP contribution in [0.25, 0.3) is 0 Å². The van der Waals surface area contributed by atoms with Crippen LogP contribution in [0.1, 0.15) is 12.8 Å². The molecule has 8 heteroatoms. The van der Waals surface area contributed by atoms with Crippen molar-refractivity contribution in [3.8, 4) is 0 Å². The number of hydrogen-bond donors (Lipinski definition) is 1. The van der Waals surface area contributed by atoms with Crippen molar-refractivity contribution in [2.75, 3.05) is 13.1 Å². The molecular formula is C12H13Br2NO4S. The fourth-order valence-corrected chi connectivity index (χ4v) is 4.98. The third-order valence-electron chi connectivity index (χ3n) is 2.98. The van der Waals surface area contributed by atoms with Crippen LogP contribution in [-0.2, 0) is 14.8 Å². The summed E-state index contributed by atoms with van der Waals surface area (Å²) in [4.78, 5) is 11.0. The van der Waals surface area contributed by atoms with Gasteiger partial charge in [-0.3, -0.25) is 4.79 Å². The van der Waals surface area contributed by atoms with E-state index >= 15 is 0 Å². The zero-order valence-corrected chi connectivity index (χ0v) is 14.4. The lowest BCUT2D eigenvalue weighted by Gasteiger charge is -2.21. The summed E-state index contributed by atoms with van der Waals surface area (Å²) in [5, 5.41) is 8.92. The van der Waals surface area contributed by atoms with E-state index in [1.54, 1.807) is 12.1 Å². The lowest BCUT2D eigenvalue weighted by Crippen LogP contribution is -2.37. The molecule has 1 N–H and O–H groups in total. The highest BCUT2D eigenvalue weighted by Crippen LogP contribution is 2.33. The van der Waals surface area contributed by atoms with Gasteiger partial charge < -0.3 is 5.11 Å². The Labute approximate surface area is 134 Å². The molecule has 20 heavy (non-hydrogen) atoms. The third-order valence-corrected chi connectivity index (χ3v) is 6.26. The predicted molar refractivity (Wildman–Crippen MR) is 81.0 cm³/mol. The number of nitrogens with zero attached hydrogens (tertiary/aromatic N) is 1. The van der Waals surface area contributed by atoms with Gasteiger partial charge in [0.1, 0.15) is 6.54 Å². The van der Waals surface area contributed by atoms with E-state index in [2.05, 4.69) is 31.9 Å². The second-order valence-electron chi connectivity index (χ2n) is 4.71. The first-order chi connectivity index (χ1) is 9.30. The maximum atomic E-state index is 12.6. The lowest BCUT2D eigenvalue weighted by atomic mass is 10.4. The molecule has 1 fully saturated rings. The SMILES string of the molecule is O=C(O)CN(CC1CC1)S(=O)(=O)c1ccc(Br)cc1Br. The predicted octanol–water partition coefficient (Wildman–Crippen LogP) is 2.70. The van der Waals surface area contributed by atoms with E-state index in [1.165, 1.54) is 6.07 Å². The number of carboxylic acid groups (broad SMARTS) is 1. The largest absolute Gasteiger partial charge is 0.480 e. The van der Waals surface area contributed by atoms with E-state index in [4.69, 9.17) is 5.11 Å². The van der Waals surface area contributed by atoms with Crippen LogP contribution in [0.5, 0.6) is 0 Å². The highest BCUT2D eigenvalue weighted by molar-refractivity contribution is 9.11. The Morgan fingerprint density at radius 3 is 2.50 bits per heavy atom. The highest BCUT2D eigenvalue weighted by Gasteiger charge is 2.33. The fraction of sp³-hybridized carbons (Fsp3) is 0.417. The molecule has 0 amide bonds. The van der Waals surface area contributed by atoms with Gasteiger partial charge in [0.05, 0.1) is 4.90 Å². The molecule has 0 saturated heterocycles. The van der Waals surface area contributed by atoms with Crippen molar-refractivity contribution in [1.29, 1.82) is 0 Å². The van der Waals surface area contributed by atoms with Crippen LogP contribution in [0, 0.1) is 5.92 Å². The number of carbonyl (C=O) groups is 1. The minimum absolute atomic E-state index is 0.0857. The molecular weight excluding hydrogens is 414 g/mol. The van der Waals surface area contributed by atoms with Gasteiger partial charge in [0.25, 0.3) is 0 Å². The maximum absolute atomic E-state index is 12.6. The molecule has 1 saturated carbocycles. The Morgan fingerprint density at radius 1 is 1.35 bits per heavy atom. The normalized spacial score (nSPS) is 15.6. The van der Waals surface area contributed by atoms with Crippen molar-refractivity contribution in [3.63, 3.8) is 0 Å². The molecule has 1 aliphatic carbocycles. The third kappa shape index (κ3) is 3.81. The minimum Gasteiger partial charge on any atom is -0.480 e. The van der Waals surface area contributed by atoms with E-state index < -0.39 is 22.5 Å². The number of hydrogen-bond acceptors (Lipinski definition) is 3. The Kier molecular flexibility index (Phi) is 4.88. The summed E-state index contributed by atoms with van der Waals surface area (Å²) in [6, 6.07) is 4.71. The van der Waals surface area contributed by atoms with Gasteiger partial charge in [0.2, 0.25) is 10.0 Å². The van der Waals surface area contributed by atoms with Crippen LogP contribution >= 0.6 is 31.9 Å². The Balaban J connectivity index is 2.35. The van der Waals surface area contributed by atoms with Crippen LogP contribution in [0.4, 0.5) is 0 Å². The number of sulfonamides is 1. The van der Waals surface area contributed by atoms with E-state index in [-0.39, 0.29) is 17.4 Å². The van der Waals surface area contributed by atoms with Crippen LogP contribution < -0.4 is 0 Å². The van der Waals surface area contributed by atoms with E-state index in [0.717, 1.165) is 21.6 Å². The summed E-state index contributed by atoms with van der Waals surface area (Å²) in [5.74, 6) is -0.874. The Morgan fingerprint density at radius 2 is 2.00 bits per heavy atom. The standard InChI is InChI=1S/C12H13Br2NO4S/c13-9-3-4-11(10(14)5-9)20(18,19)15(7-12(16)17)6-8-1-2-8/h3-5,8H,1-2,6-7H2,(H,16,17). The Hall–Kier alpha value is -0.440. The number of aliphatic carboxylic acids is 1. The molecule has 1 aliphatic rings. The first kappa shape index (κ1) is 15.9. The van der Waals surface area contributed by atoms with Crippen molar-refractivity contribution >= 4 is 47.9 Å². The van der Waals surface area contributed by atoms with Gasteiger partial charge in [-0.05, 0) is 52.9 Å². The monoisotopic (exact) mass is 425 g/mol. The molecule has 0 spiro atoms. The average molecular weight is 427 g/mol. The second-order valence-corrected chi connectivity index (χ2v) is 8.39. The number of rotatable bonds is 6. The van der Waals surface area contributed by atoms with Gasteiger partial charge in [-0.25, -0.2) is 8.42 Å². The smallest absolute Gasteiger partial charge is 0.318 e. The van der Waals surface area contributed by atoms with Crippen molar-refractivity contribution in [2.24, 2.45) is 5.92 Å². The van der Waals surface area contributed by atoms with E-state index in [9.17, 15) is 13.2 Å². The van der Waals surface area contributed by atoms with E-state index in [0.29, 0.717) is 4.47 Å². The molecule has 1 aromatic rings. The van der Waals surface area contributed by atoms with Gasteiger partial charge in [-0.15, -0.1) is 0 Å². The van der Waals surface area contributed by atoms with Crippen molar-refractivity contribution < 1.29 is 18.3 Å². The number of benzene rings is 1. The van der Waals surface area contributed by atoms with Crippen LogP contribution in [0.15, 0.2) is 32.0 Å². The topological polar surface area (TPSA) is 74.7 Å². The molecule has 0 aromatic heterocycles. The first-order valence-electron chi connectivity index (χ1n) is 5.97. The summed E-state index contributed by atoms with van der Waals surface area (Å²) in [6.07, 6.45) is 1.90. The molecule has 0 heterocycles. The zero-order valence-electron chi connectivity index (χ0n) is 10.4. The molecule has 0 radical (unpaired) electrons. The molecule has 0 bridgehead atoms. The highest BCUT2D eigenvalue weighted by atomic mass is 79.9. The summed E-state index contributed by atoms with van der Waals surface area (Å²) < 4.78 is 27.4. The van der Waals surface area contributed by atoms with Crippen LogP contribution in [-0.4, -0.2) is 36.9 Å².